The number of halogens is 3. The lowest BCUT2D eigenvalue weighted by Gasteiger charge is -2.13. The Morgan fingerprint density at radius 1 is 0.969 bits per heavy atom. The standard InChI is InChI=1S/C22H16F3N5O2/c1-13-11-26-12-20(27-13)32-15-8-6-14(7-9-15)28-21(31)30-18-10-19(22(23,24)25)29-17-5-3-2-4-16(17)18/h2-12H,1H3,(H2,28,29,30,31). The molecular weight excluding hydrogens is 423 g/mol. The van der Waals surface area contributed by atoms with Crippen LogP contribution in [0.1, 0.15) is 11.4 Å². The summed E-state index contributed by atoms with van der Waals surface area (Å²) in [6.07, 6.45) is -1.57. The predicted octanol–water partition coefficient (Wildman–Crippen LogP) is 5.79. The zero-order valence-corrected chi connectivity index (χ0v) is 16.6. The third-order valence-electron chi connectivity index (χ3n) is 4.32. The lowest BCUT2D eigenvalue weighted by molar-refractivity contribution is -0.140. The second-order valence-corrected chi connectivity index (χ2v) is 6.77. The summed E-state index contributed by atoms with van der Waals surface area (Å²) in [5.41, 5.74) is 0.151. The van der Waals surface area contributed by atoms with Crippen molar-refractivity contribution in [1.82, 2.24) is 15.0 Å². The van der Waals surface area contributed by atoms with Crippen molar-refractivity contribution in [3.8, 4) is 11.6 Å². The second kappa shape index (κ2) is 8.50. The Hall–Kier alpha value is -4.21. The monoisotopic (exact) mass is 439 g/mol. The number of amides is 2. The van der Waals surface area contributed by atoms with Crippen LogP contribution in [0.5, 0.6) is 11.6 Å². The molecule has 0 unspecified atom stereocenters. The fourth-order valence-electron chi connectivity index (χ4n) is 2.93. The van der Waals surface area contributed by atoms with Crippen molar-refractivity contribution >= 4 is 28.3 Å². The van der Waals surface area contributed by atoms with Gasteiger partial charge in [-0.3, -0.25) is 4.98 Å². The number of hydrogen-bond donors (Lipinski definition) is 2. The fraction of sp³-hybridized carbons (Fsp3) is 0.0909. The molecule has 0 aliphatic heterocycles. The highest BCUT2D eigenvalue weighted by Gasteiger charge is 2.33. The molecule has 32 heavy (non-hydrogen) atoms. The van der Waals surface area contributed by atoms with Crippen LogP contribution in [0.25, 0.3) is 10.9 Å². The van der Waals surface area contributed by atoms with Crippen LogP contribution in [0, 0.1) is 6.92 Å². The smallest absolute Gasteiger partial charge is 0.433 e. The lowest BCUT2D eigenvalue weighted by atomic mass is 10.1. The van der Waals surface area contributed by atoms with E-state index in [1.165, 1.54) is 12.3 Å². The number of anilines is 2. The molecule has 10 heteroatoms. The molecule has 2 amide bonds. The topological polar surface area (TPSA) is 89.0 Å². The maximum atomic E-state index is 13.2. The van der Waals surface area contributed by atoms with E-state index in [1.807, 2.05) is 0 Å². The first-order valence-corrected chi connectivity index (χ1v) is 9.39. The Balaban J connectivity index is 1.48. The van der Waals surface area contributed by atoms with Crippen molar-refractivity contribution in [3.63, 3.8) is 0 Å². The van der Waals surface area contributed by atoms with Crippen LogP contribution in [0.2, 0.25) is 0 Å². The molecule has 0 bridgehead atoms. The first-order chi connectivity index (χ1) is 15.3. The van der Waals surface area contributed by atoms with Gasteiger partial charge in [0.15, 0.2) is 0 Å². The number of aryl methyl sites for hydroxylation is 1. The van der Waals surface area contributed by atoms with Crippen LogP contribution in [0.15, 0.2) is 67.0 Å². The number of hydrogen-bond acceptors (Lipinski definition) is 5. The summed E-state index contributed by atoms with van der Waals surface area (Å²) in [6, 6.07) is 12.8. The zero-order chi connectivity index (χ0) is 22.7. The molecule has 2 aromatic heterocycles. The number of alkyl halides is 3. The molecule has 7 nitrogen and oxygen atoms in total. The van der Waals surface area contributed by atoms with Gasteiger partial charge in [0, 0.05) is 17.3 Å². The van der Waals surface area contributed by atoms with E-state index in [0.29, 0.717) is 28.4 Å². The molecule has 4 rings (SSSR count). The van der Waals surface area contributed by atoms with Gasteiger partial charge in [-0.1, -0.05) is 18.2 Å². The number of rotatable bonds is 4. The van der Waals surface area contributed by atoms with E-state index in [0.717, 1.165) is 6.07 Å². The molecule has 0 saturated carbocycles. The van der Waals surface area contributed by atoms with Crippen LogP contribution >= 0.6 is 0 Å². The van der Waals surface area contributed by atoms with E-state index < -0.39 is 17.9 Å². The molecule has 0 atom stereocenters. The summed E-state index contributed by atoms with van der Waals surface area (Å²) in [5.74, 6) is 0.805. The zero-order valence-electron chi connectivity index (χ0n) is 16.6. The van der Waals surface area contributed by atoms with Crippen LogP contribution in [-0.4, -0.2) is 21.0 Å². The average Bonchev–Trinajstić information content (AvgIpc) is 2.74. The van der Waals surface area contributed by atoms with E-state index in [9.17, 15) is 18.0 Å². The number of benzene rings is 2. The molecule has 0 radical (unpaired) electrons. The Morgan fingerprint density at radius 3 is 2.44 bits per heavy atom. The lowest BCUT2D eigenvalue weighted by Crippen LogP contribution is -2.20. The fourth-order valence-corrected chi connectivity index (χ4v) is 2.93. The van der Waals surface area contributed by atoms with Gasteiger partial charge in [0.2, 0.25) is 5.88 Å². The highest BCUT2D eigenvalue weighted by atomic mass is 19.4. The molecule has 2 aromatic carbocycles. The number of fused-ring (bicyclic) bond motifs is 1. The quantitative estimate of drug-likeness (QED) is 0.420. The van der Waals surface area contributed by atoms with Gasteiger partial charge >= 0.3 is 12.2 Å². The van der Waals surface area contributed by atoms with Gasteiger partial charge < -0.3 is 15.4 Å². The van der Waals surface area contributed by atoms with Crippen LogP contribution < -0.4 is 15.4 Å². The second-order valence-electron chi connectivity index (χ2n) is 6.77. The Morgan fingerprint density at radius 2 is 1.72 bits per heavy atom. The molecule has 2 heterocycles. The number of para-hydroxylation sites is 1. The van der Waals surface area contributed by atoms with Gasteiger partial charge in [-0.05, 0) is 43.3 Å². The van der Waals surface area contributed by atoms with E-state index in [2.05, 4.69) is 25.6 Å². The van der Waals surface area contributed by atoms with Crippen molar-refractivity contribution in [2.75, 3.05) is 10.6 Å². The van der Waals surface area contributed by atoms with E-state index in [-0.39, 0.29) is 11.2 Å². The average molecular weight is 439 g/mol. The van der Waals surface area contributed by atoms with Gasteiger partial charge in [0.05, 0.1) is 23.1 Å². The third kappa shape index (κ3) is 4.91. The molecule has 0 fully saturated rings. The van der Waals surface area contributed by atoms with Crippen molar-refractivity contribution in [1.29, 1.82) is 0 Å². The first-order valence-electron chi connectivity index (χ1n) is 9.39. The highest BCUT2D eigenvalue weighted by Crippen LogP contribution is 2.33. The normalized spacial score (nSPS) is 11.2. The van der Waals surface area contributed by atoms with Gasteiger partial charge in [0.25, 0.3) is 0 Å². The van der Waals surface area contributed by atoms with Crippen LogP contribution in [0.3, 0.4) is 0 Å². The number of nitrogens with zero attached hydrogens (tertiary/aromatic N) is 3. The number of aromatic nitrogens is 3. The van der Waals surface area contributed by atoms with Gasteiger partial charge in [0.1, 0.15) is 11.4 Å². The van der Waals surface area contributed by atoms with Crippen LogP contribution in [-0.2, 0) is 6.18 Å². The predicted molar refractivity (Wildman–Crippen MR) is 113 cm³/mol. The summed E-state index contributed by atoms with van der Waals surface area (Å²) in [6.45, 7) is 1.79. The Kier molecular flexibility index (Phi) is 5.59. The molecule has 0 aliphatic rings. The Bertz CT molecular complexity index is 1280. The number of carbonyl (C=O) groups is 1. The molecule has 2 N–H and O–H groups in total. The molecule has 0 saturated heterocycles. The summed E-state index contributed by atoms with van der Waals surface area (Å²) in [4.78, 5) is 24.2. The van der Waals surface area contributed by atoms with Crippen molar-refractivity contribution in [2.45, 2.75) is 13.1 Å². The van der Waals surface area contributed by atoms with Gasteiger partial charge in [-0.2, -0.15) is 13.2 Å². The largest absolute Gasteiger partial charge is 0.437 e. The van der Waals surface area contributed by atoms with Gasteiger partial charge in [-0.25, -0.2) is 14.8 Å². The molecule has 0 aliphatic carbocycles. The molecular formula is C22H16F3N5O2. The minimum absolute atomic E-state index is 0.00148. The maximum absolute atomic E-state index is 13.2. The van der Waals surface area contributed by atoms with Crippen LogP contribution in [0.4, 0.5) is 29.3 Å². The van der Waals surface area contributed by atoms with Crippen molar-refractivity contribution < 1.29 is 22.7 Å². The molecule has 162 valence electrons. The summed E-state index contributed by atoms with van der Waals surface area (Å²) < 4.78 is 45.1. The highest BCUT2D eigenvalue weighted by molar-refractivity contribution is 6.05. The number of pyridine rings is 1. The minimum atomic E-state index is -4.64. The number of urea groups is 1. The minimum Gasteiger partial charge on any atom is -0.437 e. The molecule has 4 aromatic rings. The maximum Gasteiger partial charge on any atom is 0.433 e. The van der Waals surface area contributed by atoms with E-state index in [1.54, 1.807) is 55.6 Å². The van der Waals surface area contributed by atoms with Crippen molar-refractivity contribution in [2.24, 2.45) is 0 Å². The van der Waals surface area contributed by atoms with E-state index in [4.69, 9.17) is 4.74 Å². The molecule has 0 spiro atoms. The summed E-state index contributed by atoms with van der Waals surface area (Å²) in [7, 11) is 0. The van der Waals surface area contributed by atoms with Crippen molar-refractivity contribution in [3.05, 3.63) is 78.4 Å². The summed E-state index contributed by atoms with van der Waals surface area (Å²) >= 11 is 0. The number of carbonyl (C=O) groups excluding carboxylic acids is 1. The Labute approximate surface area is 180 Å². The first kappa shape index (κ1) is 21.0. The van der Waals surface area contributed by atoms with E-state index >= 15 is 0 Å². The SMILES string of the molecule is Cc1cncc(Oc2ccc(NC(=O)Nc3cc(C(F)(F)F)nc4ccccc34)cc2)n1. The number of nitrogens with one attached hydrogen (secondary N) is 2. The van der Waals surface area contributed by atoms with Gasteiger partial charge in [-0.15, -0.1) is 0 Å². The summed E-state index contributed by atoms with van der Waals surface area (Å²) in [5, 5.41) is 5.43. The number of ether oxygens (including phenoxy) is 1. The third-order valence-corrected chi connectivity index (χ3v) is 4.32.